The van der Waals surface area contributed by atoms with Crippen molar-refractivity contribution in [2.75, 3.05) is 13.1 Å². The van der Waals surface area contributed by atoms with E-state index < -0.39 is 5.97 Å². The van der Waals surface area contributed by atoms with Crippen LogP contribution in [0.5, 0.6) is 0 Å². The molecule has 0 spiro atoms. The Morgan fingerprint density at radius 2 is 2.00 bits per heavy atom. The summed E-state index contributed by atoms with van der Waals surface area (Å²) in [5.41, 5.74) is 0.505. The van der Waals surface area contributed by atoms with Gasteiger partial charge in [0.1, 0.15) is 0 Å². The van der Waals surface area contributed by atoms with E-state index in [-0.39, 0.29) is 0 Å². The van der Waals surface area contributed by atoms with Crippen LogP contribution in [0.4, 0.5) is 0 Å². The predicted octanol–water partition coefficient (Wildman–Crippen LogP) is 3.53. The number of carbonyl (C=O) groups is 1. The molecule has 0 amide bonds. The van der Waals surface area contributed by atoms with E-state index >= 15 is 0 Å². The SMILES string of the molecule is CC1(C)CCCC(N2CCCC(CC(=O)O)C2)CC1. The molecule has 0 aromatic carbocycles. The number of hydrogen-bond acceptors (Lipinski definition) is 2. The molecule has 1 heterocycles. The Hall–Kier alpha value is -0.570. The second-order valence-corrected chi connectivity index (χ2v) is 7.35. The summed E-state index contributed by atoms with van der Waals surface area (Å²) in [4.78, 5) is 13.5. The summed E-state index contributed by atoms with van der Waals surface area (Å²) in [6.07, 6.45) is 9.23. The van der Waals surface area contributed by atoms with Crippen molar-refractivity contribution >= 4 is 5.97 Å². The fourth-order valence-corrected chi connectivity index (χ4v) is 3.85. The normalized spacial score (nSPS) is 32.7. The molecule has 0 radical (unpaired) electrons. The maximum Gasteiger partial charge on any atom is 0.303 e. The molecular weight excluding hydrogens is 238 g/mol. The highest BCUT2D eigenvalue weighted by molar-refractivity contribution is 5.67. The fraction of sp³-hybridized carbons (Fsp3) is 0.938. The molecule has 19 heavy (non-hydrogen) atoms. The van der Waals surface area contributed by atoms with E-state index in [0.717, 1.165) is 13.0 Å². The maximum absolute atomic E-state index is 10.9. The Morgan fingerprint density at radius 1 is 1.21 bits per heavy atom. The zero-order valence-electron chi connectivity index (χ0n) is 12.5. The van der Waals surface area contributed by atoms with E-state index in [1.165, 1.54) is 45.1 Å². The largest absolute Gasteiger partial charge is 0.481 e. The van der Waals surface area contributed by atoms with Gasteiger partial charge in [0.2, 0.25) is 0 Å². The van der Waals surface area contributed by atoms with E-state index in [1.807, 2.05) is 0 Å². The molecule has 0 aromatic rings. The second-order valence-electron chi connectivity index (χ2n) is 7.35. The van der Waals surface area contributed by atoms with Gasteiger partial charge in [-0.15, -0.1) is 0 Å². The number of nitrogens with zero attached hydrogens (tertiary/aromatic N) is 1. The molecule has 2 rings (SSSR count). The van der Waals surface area contributed by atoms with Gasteiger partial charge in [0.15, 0.2) is 0 Å². The molecule has 1 N–H and O–H groups in total. The van der Waals surface area contributed by atoms with E-state index in [2.05, 4.69) is 18.7 Å². The lowest BCUT2D eigenvalue weighted by atomic mass is 9.85. The van der Waals surface area contributed by atoms with Gasteiger partial charge in [-0.1, -0.05) is 20.3 Å². The summed E-state index contributed by atoms with van der Waals surface area (Å²) < 4.78 is 0. The standard InChI is InChI=1S/C16H29NO2/c1-16(2)8-3-6-14(7-9-16)17-10-4-5-13(12-17)11-15(18)19/h13-14H,3-12H2,1-2H3,(H,18,19). The van der Waals surface area contributed by atoms with Crippen LogP contribution in [0, 0.1) is 11.3 Å². The lowest BCUT2D eigenvalue weighted by Crippen LogP contribution is -2.43. The van der Waals surface area contributed by atoms with Crippen LogP contribution in [0.25, 0.3) is 0 Å². The first kappa shape index (κ1) is 14.8. The number of carboxylic acids is 1. The number of carboxylic acid groups (broad SMARTS) is 1. The second kappa shape index (κ2) is 6.25. The van der Waals surface area contributed by atoms with Crippen molar-refractivity contribution in [2.24, 2.45) is 11.3 Å². The number of aliphatic carboxylic acids is 1. The van der Waals surface area contributed by atoms with Gasteiger partial charge in [-0.05, 0) is 56.4 Å². The van der Waals surface area contributed by atoms with Crippen LogP contribution in [-0.4, -0.2) is 35.1 Å². The fourth-order valence-electron chi connectivity index (χ4n) is 3.85. The molecule has 2 aliphatic rings. The Labute approximate surface area is 117 Å². The van der Waals surface area contributed by atoms with Crippen LogP contribution in [0.3, 0.4) is 0 Å². The molecule has 3 nitrogen and oxygen atoms in total. The van der Waals surface area contributed by atoms with Crippen molar-refractivity contribution < 1.29 is 9.90 Å². The van der Waals surface area contributed by atoms with Gasteiger partial charge in [-0.2, -0.15) is 0 Å². The van der Waals surface area contributed by atoms with Gasteiger partial charge in [0.25, 0.3) is 0 Å². The minimum Gasteiger partial charge on any atom is -0.481 e. The molecule has 2 atom stereocenters. The van der Waals surface area contributed by atoms with Gasteiger partial charge in [0, 0.05) is 19.0 Å². The zero-order valence-corrected chi connectivity index (χ0v) is 12.5. The summed E-state index contributed by atoms with van der Waals surface area (Å²) in [7, 11) is 0. The quantitative estimate of drug-likeness (QED) is 0.795. The minimum absolute atomic E-state index is 0.356. The first-order valence-electron chi connectivity index (χ1n) is 7.92. The molecule has 0 aromatic heterocycles. The van der Waals surface area contributed by atoms with Crippen molar-refractivity contribution in [2.45, 2.75) is 71.3 Å². The van der Waals surface area contributed by atoms with Gasteiger partial charge < -0.3 is 10.0 Å². The van der Waals surface area contributed by atoms with Crippen LogP contribution >= 0.6 is 0 Å². The molecule has 0 bridgehead atoms. The van der Waals surface area contributed by atoms with Gasteiger partial charge in [0.05, 0.1) is 0 Å². The van der Waals surface area contributed by atoms with E-state index in [4.69, 9.17) is 5.11 Å². The monoisotopic (exact) mass is 267 g/mol. The Morgan fingerprint density at radius 3 is 2.74 bits per heavy atom. The molecule has 3 heteroatoms. The number of hydrogen-bond donors (Lipinski definition) is 1. The summed E-state index contributed by atoms with van der Waals surface area (Å²) in [5, 5.41) is 8.96. The number of piperidine rings is 1. The van der Waals surface area contributed by atoms with Crippen molar-refractivity contribution in [3.8, 4) is 0 Å². The highest BCUT2D eigenvalue weighted by atomic mass is 16.4. The van der Waals surface area contributed by atoms with Crippen molar-refractivity contribution in [3.63, 3.8) is 0 Å². The number of likely N-dealkylation sites (tertiary alicyclic amines) is 1. The Balaban J connectivity index is 1.88. The average molecular weight is 267 g/mol. The summed E-state index contributed by atoms with van der Waals surface area (Å²) in [6.45, 7) is 6.97. The van der Waals surface area contributed by atoms with E-state index in [9.17, 15) is 4.79 Å². The van der Waals surface area contributed by atoms with Crippen LogP contribution in [-0.2, 0) is 4.79 Å². The van der Waals surface area contributed by atoms with Gasteiger partial charge >= 0.3 is 5.97 Å². The van der Waals surface area contributed by atoms with Crippen molar-refractivity contribution in [3.05, 3.63) is 0 Å². The Bertz CT molecular complexity index is 314. The van der Waals surface area contributed by atoms with Crippen molar-refractivity contribution in [1.82, 2.24) is 4.90 Å². The van der Waals surface area contributed by atoms with Crippen LogP contribution in [0.2, 0.25) is 0 Å². The Kier molecular flexibility index (Phi) is 4.88. The molecule has 2 fully saturated rings. The van der Waals surface area contributed by atoms with Gasteiger partial charge in [-0.25, -0.2) is 0 Å². The first-order valence-corrected chi connectivity index (χ1v) is 7.92. The molecule has 1 aliphatic heterocycles. The minimum atomic E-state index is -0.631. The lowest BCUT2D eigenvalue weighted by molar-refractivity contribution is -0.138. The molecule has 1 saturated carbocycles. The summed E-state index contributed by atoms with van der Waals surface area (Å²) >= 11 is 0. The summed E-state index contributed by atoms with van der Waals surface area (Å²) in [5.74, 6) is -0.253. The zero-order chi connectivity index (χ0) is 13.9. The summed E-state index contributed by atoms with van der Waals surface area (Å²) in [6, 6.07) is 0.707. The van der Waals surface area contributed by atoms with Crippen LogP contribution in [0.15, 0.2) is 0 Å². The third-order valence-corrected chi connectivity index (χ3v) is 5.08. The van der Waals surface area contributed by atoms with Crippen LogP contribution < -0.4 is 0 Å². The first-order chi connectivity index (χ1) is 8.96. The average Bonchev–Trinajstić information content (AvgIpc) is 2.50. The number of rotatable bonds is 3. The van der Waals surface area contributed by atoms with Crippen molar-refractivity contribution in [1.29, 1.82) is 0 Å². The molecule has 110 valence electrons. The van der Waals surface area contributed by atoms with Crippen LogP contribution in [0.1, 0.15) is 65.2 Å². The van der Waals surface area contributed by atoms with E-state index in [1.54, 1.807) is 0 Å². The topological polar surface area (TPSA) is 40.5 Å². The molecule has 1 aliphatic carbocycles. The highest BCUT2D eigenvalue weighted by Crippen LogP contribution is 2.36. The smallest absolute Gasteiger partial charge is 0.303 e. The third-order valence-electron chi connectivity index (χ3n) is 5.08. The molecule has 1 saturated heterocycles. The lowest BCUT2D eigenvalue weighted by Gasteiger charge is -2.38. The predicted molar refractivity (Wildman–Crippen MR) is 77.2 cm³/mol. The highest BCUT2D eigenvalue weighted by Gasteiger charge is 2.30. The maximum atomic E-state index is 10.9. The van der Waals surface area contributed by atoms with Gasteiger partial charge in [-0.3, -0.25) is 4.79 Å². The van der Waals surface area contributed by atoms with E-state index in [0.29, 0.717) is 23.8 Å². The third kappa shape index (κ3) is 4.48. The molecule has 2 unspecified atom stereocenters. The molecular formula is C16H29NO2.